The van der Waals surface area contributed by atoms with E-state index in [0.29, 0.717) is 5.41 Å². The lowest BCUT2D eigenvalue weighted by molar-refractivity contribution is -0.192. The number of rotatable bonds is 4. The zero-order valence-electron chi connectivity index (χ0n) is 16.3. The van der Waals surface area contributed by atoms with Crippen LogP contribution < -0.4 is 0 Å². The Labute approximate surface area is 171 Å². The van der Waals surface area contributed by atoms with Crippen LogP contribution in [0.3, 0.4) is 0 Å². The zero-order chi connectivity index (χ0) is 21.5. The minimum absolute atomic E-state index is 0.138. The molecule has 1 N–H and O–H groups in total. The summed E-state index contributed by atoms with van der Waals surface area (Å²) in [5.41, 5.74) is 0.462. The Bertz CT molecular complexity index is 652. The predicted molar refractivity (Wildman–Crippen MR) is 100 cm³/mol. The van der Waals surface area contributed by atoms with E-state index in [1.807, 2.05) is 16.5 Å². The first-order chi connectivity index (χ1) is 13.6. The quantitative estimate of drug-likeness (QED) is 0.780. The van der Waals surface area contributed by atoms with Gasteiger partial charge in [0.1, 0.15) is 11.6 Å². The van der Waals surface area contributed by atoms with Crippen LogP contribution in [-0.4, -0.2) is 77.8 Å². The van der Waals surface area contributed by atoms with Gasteiger partial charge in [-0.2, -0.15) is 13.2 Å². The van der Waals surface area contributed by atoms with Crippen LogP contribution in [0.5, 0.6) is 0 Å². The topological polar surface area (TPSA) is 83.0 Å². The summed E-state index contributed by atoms with van der Waals surface area (Å²) in [6.07, 6.45) is 1.61. The molecule has 2 fully saturated rings. The summed E-state index contributed by atoms with van der Waals surface area (Å²) >= 11 is 1.74. The molecule has 0 unspecified atom stereocenters. The third-order valence-electron chi connectivity index (χ3n) is 5.45. The summed E-state index contributed by atoms with van der Waals surface area (Å²) in [4.78, 5) is 29.7. The Morgan fingerprint density at radius 1 is 1.21 bits per heavy atom. The number of carboxylic acids is 1. The molecule has 11 heteroatoms. The molecule has 3 heterocycles. The molecular weight excluding hydrogens is 411 g/mol. The standard InChI is InChI=1S/C16H25N3O2S.C2HF3O2/c1-21-13-15(20)19-9-4-16(5-10-19)2-7-18(8-3-16)12-14-17-6-11-22-14;3-2(4,5)1(6)7/h6,11H,2-5,7-10,12-13H2,1H3;(H,6,7). The fourth-order valence-corrected chi connectivity index (χ4v) is 4.31. The average Bonchev–Trinajstić information content (AvgIpc) is 3.17. The van der Waals surface area contributed by atoms with Crippen molar-refractivity contribution in [3.05, 3.63) is 16.6 Å². The van der Waals surface area contributed by atoms with Crippen molar-refractivity contribution in [3.63, 3.8) is 0 Å². The number of aliphatic carboxylic acids is 1. The van der Waals surface area contributed by atoms with Crippen molar-refractivity contribution in [2.24, 2.45) is 5.41 Å². The monoisotopic (exact) mass is 437 g/mol. The molecule has 164 valence electrons. The molecule has 0 bridgehead atoms. The molecule has 0 saturated carbocycles. The van der Waals surface area contributed by atoms with Crippen molar-refractivity contribution in [1.82, 2.24) is 14.8 Å². The van der Waals surface area contributed by atoms with Crippen LogP contribution in [0.15, 0.2) is 11.6 Å². The molecule has 0 aromatic carbocycles. The van der Waals surface area contributed by atoms with Crippen LogP contribution in [0.25, 0.3) is 0 Å². The van der Waals surface area contributed by atoms with Crippen LogP contribution in [0.4, 0.5) is 13.2 Å². The molecule has 2 aliphatic heterocycles. The number of carboxylic acid groups (broad SMARTS) is 1. The molecular formula is C18H26F3N3O4S. The van der Waals surface area contributed by atoms with Crippen molar-refractivity contribution >= 4 is 23.2 Å². The van der Waals surface area contributed by atoms with Gasteiger partial charge in [-0.3, -0.25) is 9.69 Å². The minimum atomic E-state index is -5.08. The van der Waals surface area contributed by atoms with Gasteiger partial charge in [-0.1, -0.05) is 0 Å². The highest BCUT2D eigenvalue weighted by Crippen LogP contribution is 2.41. The molecule has 29 heavy (non-hydrogen) atoms. The number of nitrogens with zero attached hydrogens (tertiary/aromatic N) is 3. The highest BCUT2D eigenvalue weighted by Gasteiger charge is 2.39. The fourth-order valence-electron chi connectivity index (χ4n) is 3.65. The molecule has 1 amide bonds. The third-order valence-corrected chi connectivity index (χ3v) is 6.21. The SMILES string of the molecule is COCC(=O)N1CCC2(CCN(Cc3nccs3)CC2)CC1.O=C(O)C(F)(F)F. The van der Waals surface area contributed by atoms with Gasteiger partial charge in [0.25, 0.3) is 0 Å². The van der Waals surface area contributed by atoms with E-state index in [2.05, 4.69) is 9.88 Å². The molecule has 3 rings (SSSR count). The first-order valence-corrected chi connectivity index (χ1v) is 10.2. The van der Waals surface area contributed by atoms with Crippen LogP contribution in [-0.2, 0) is 20.9 Å². The second kappa shape index (κ2) is 10.4. The van der Waals surface area contributed by atoms with Crippen LogP contribution in [0, 0.1) is 5.41 Å². The number of methoxy groups -OCH3 is 1. The van der Waals surface area contributed by atoms with E-state index in [1.165, 1.54) is 17.8 Å². The molecule has 0 radical (unpaired) electrons. The van der Waals surface area contributed by atoms with E-state index in [-0.39, 0.29) is 12.5 Å². The Balaban J connectivity index is 0.000000370. The van der Waals surface area contributed by atoms with Crippen LogP contribution in [0.2, 0.25) is 0 Å². The number of hydrogen-bond acceptors (Lipinski definition) is 6. The van der Waals surface area contributed by atoms with E-state index >= 15 is 0 Å². The minimum Gasteiger partial charge on any atom is -0.475 e. The first kappa shape index (κ1) is 23.6. The Morgan fingerprint density at radius 3 is 2.21 bits per heavy atom. The van der Waals surface area contributed by atoms with Crippen molar-refractivity contribution in [2.45, 2.75) is 38.4 Å². The Kier molecular flexibility index (Phi) is 8.41. The van der Waals surface area contributed by atoms with E-state index in [4.69, 9.17) is 14.6 Å². The number of carbonyl (C=O) groups is 2. The fraction of sp³-hybridized carbons (Fsp3) is 0.722. The third kappa shape index (κ3) is 7.23. The number of alkyl halides is 3. The van der Waals surface area contributed by atoms with Gasteiger partial charge >= 0.3 is 12.1 Å². The molecule has 7 nitrogen and oxygen atoms in total. The maximum absolute atomic E-state index is 11.9. The number of hydrogen-bond donors (Lipinski definition) is 1. The van der Waals surface area contributed by atoms with E-state index in [0.717, 1.165) is 45.6 Å². The van der Waals surface area contributed by atoms with Gasteiger partial charge in [0, 0.05) is 31.8 Å². The van der Waals surface area contributed by atoms with Gasteiger partial charge in [0.05, 0.1) is 6.54 Å². The van der Waals surface area contributed by atoms with Gasteiger partial charge in [0.2, 0.25) is 5.91 Å². The highest BCUT2D eigenvalue weighted by molar-refractivity contribution is 7.09. The zero-order valence-corrected chi connectivity index (χ0v) is 17.1. The molecule has 2 aliphatic rings. The number of carbonyl (C=O) groups excluding carboxylic acids is 1. The Morgan fingerprint density at radius 2 is 1.76 bits per heavy atom. The smallest absolute Gasteiger partial charge is 0.475 e. The number of thiazole rings is 1. The maximum Gasteiger partial charge on any atom is 0.490 e. The van der Waals surface area contributed by atoms with E-state index in [9.17, 15) is 18.0 Å². The van der Waals surface area contributed by atoms with Gasteiger partial charge < -0.3 is 14.7 Å². The van der Waals surface area contributed by atoms with Crippen molar-refractivity contribution in [2.75, 3.05) is 39.9 Å². The Hall–Kier alpha value is -1.72. The van der Waals surface area contributed by atoms with Gasteiger partial charge in [0.15, 0.2) is 0 Å². The van der Waals surface area contributed by atoms with E-state index in [1.54, 1.807) is 18.4 Å². The lowest BCUT2D eigenvalue weighted by Gasteiger charge is -2.46. The number of halogens is 3. The second-order valence-corrected chi connectivity index (χ2v) is 8.30. The summed E-state index contributed by atoms with van der Waals surface area (Å²) in [5.74, 6) is -2.62. The molecule has 1 aromatic heterocycles. The number of amides is 1. The lowest BCUT2D eigenvalue weighted by atomic mass is 9.71. The molecule has 1 aromatic rings. The molecule has 0 atom stereocenters. The summed E-state index contributed by atoms with van der Waals surface area (Å²) in [6, 6.07) is 0. The predicted octanol–water partition coefficient (Wildman–Crippen LogP) is 2.63. The van der Waals surface area contributed by atoms with Crippen molar-refractivity contribution in [3.8, 4) is 0 Å². The van der Waals surface area contributed by atoms with Crippen LogP contribution >= 0.6 is 11.3 Å². The normalized spacial score (nSPS) is 19.5. The highest BCUT2D eigenvalue weighted by atomic mass is 32.1. The summed E-state index contributed by atoms with van der Waals surface area (Å²) in [5, 5.41) is 10.4. The van der Waals surface area contributed by atoms with Crippen molar-refractivity contribution < 1.29 is 32.6 Å². The molecule has 2 saturated heterocycles. The van der Waals surface area contributed by atoms with Crippen LogP contribution in [0.1, 0.15) is 30.7 Å². The lowest BCUT2D eigenvalue weighted by Crippen LogP contribution is -2.48. The molecule has 0 aliphatic carbocycles. The second-order valence-electron chi connectivity index (χ2n) is 7.32. The summed E-state index contributed by atoms with van der Waals surface area (Å²) in [7, 11) is 1.58. The number of ether oxygens (including phenoxy) is 1. The number of aromatic nitrogens is 1. The number of likely N-dealkylation sites (tertiary alicyclic amines) is 2. The van der Waals surface area contributed by atoms with Gasteiger partial charge in [-0.15, -0.1) is 11.3 Å². The maximum atomic E-state index is 11.9. The van der Waals surface area contributed by atoms with Crippen molar-refractivity contribution in [1.29, 1.82) is 0 Å². The van der Waals surface area contributed by atoms with Gasteiger partial charge in [-0.25, -0.2) is 9.78 Å². The van der Waals surface area contributed by atoms with Gasteiger partial charge in [-0.05, 0) is 44.2 Å². The van der Waals surface area contributed by atoms with E-state index < -0.39 is 12.1 Å². The first-order valence-electron chi connectivity index (χ1n) is 9.33. The average molecular weight is 437 g/mol. The summed E-state index contributed by atoms with van der Waals surface area (Å²) in [6.45, 7) is 5.32. The largest absolute Gasteiger partial charge is 0.490 e. The number of piperidine rings is 2. The summed E-state index contributed by atoms with van der Waals surface area (Å²) < 4.78 is 36.7. The molecule has 1 spiro atoms.